The number of ether oxygens (including phenoxy) is 1. The number of hydrogen-bond acceptors (Lipinski definition) is 4. The van der Waals surface area contributed by atoms with Gasteiger partial charge in [0.05, 0.1) is 6.61 Å². The number of carbonyl (C=O) groups is 1. The molecule has 0 fully saturated rings. The smallest absolute Gasteiger partial charge is 0.350 e. The Labute approximate surface area is 106 Å². The molecule has 0 unspecified atom stereocenters. The van der Waals surface area contributed by atoms with Crippen molar-refractivity contribution >= 4 is 23.5 Å². The number of nitrogens with zero attached hydrogens (tertiary/aromatic N) is 1. The molecule has 0 atom stereocenters. The lowest BCUT2D eigenvalue weighted by Crippen LogP contribution is -2.07. The molecule has 1 aromatic rings. The molecule has 0 aromatic heterocycles. The first-order chi connectivity index (χ1) is 8.10. The zero-order valence-electron chi connectivity index (χ0n) is 9.73. The number of thiol groups is 1. The monoisotopic (exact) mass is 247 g/mol. The summed E-state index contributed by atoms with van der Waals surface area (Å²) in [7, 11) is 0. The Kier molecular flexibility index (Phi) is 4.80. The third kappa shape index (κ3) is 3.36. The second kappa shape index (κ2) is 6.12. The summed E-state index contributed by atoms with van der Waals surface area (Å²) in [6.45, 7) is 3.89. The maximum absolute atomic E-state index is 11.5. The van der Waals surface area contributed by atoms with Crippen LogP contribution in [0.2, 0.25) is 0 Å². The molecule has 17 heavy (non-hydrogen) atoms. The van der Waals surface area contributed by atoms with Crippen LogP contribution >= 0.6 is 12.6 Å². The molecule has 88 valence electrons. The third-order valence-corrected chi connectivity index (χ3v) is 2.63. The summed E-state index contributed by atoms with van der Waals surface area (Å²) < 4.78 is 4.79. The predicted molar refractivity (Wildman–Crippen MR) is 69.3 cm³/mol. The molecule has 0 spiro atoms. The van der Waals surface area contributed by atoms with Crippen molar-refractivity contribution in [3.05, 3.63) is 41.0 Å². The largest absolute Gasteiger partial charge is 0.462 e. The SMILES string of the molecule is CCOC(=O)C(C#N)=C(S)c1ccc(C)cc1. The maximum Gasteiger partial charge on any atom is 0.350 e. The Balaban J connectivity index is 3.13. The van der Waals surface area contributed by atoms with Crippen molar-refractivity contribution in [3.8, 4) is 6.07 Å². The number of esters is 1. The van der Waals surface area contributed by atoms with Crippen LogP contribution in [0.3, 0.4) is 0 Å². The third-order valence-electron chi connectivity index (χ3n) is 2.15. The van der Waals surface area contributed by atoms with Gasteiger partial charge in [0, 0.05) is 4.91 Å². The van der Waals surface area contributed by atoms with Gasteiger partial charge >= 0.3 is 5.97 Å². The second-order valence-corrected chi connectivity index (χ2v) is 3.87. The molecule has 0 aliphatic heterocycles. The predicted octanol–water partition coefficient (Wildman–Crippen LogP) is 2.72. The van der Waals surface area contributed by atoms with Gasteiger partial charge in [-0.1, -0.05) is 29.8 Å². The maximum atomic E-state index is 11.5. The number of aryl methyl sites for hydroxylation is 1. The molecule has 0 amide bonds. The first kappa shape index (κ1) is 13.3. The van der Waals surface area contributed by atoms with E-state index < -0.39 is 5.97 Å². The van der Waals surface area contributed by atoms with Crippen molar-refractivity contribution in [2.45, 2.75) is 13.8 Å². The van der Waals surface area contributed by atoms with Crippen LogP contribution in [0.1, 0.15) is 18.1 Å². The van der Waals surface area contributed by atoms with Crippen molar-refractivity contribution < 1.29 is 9.53 Å². The minimum Gasteiger partial charge on any atom is -0.462 e. The molecule has 0 aliphatic carbocycles. The molecular weight excluding hydrogens is 234 g/mol. The van der Waals surface area contributed by atoms with Crippen molar-refractivity contribution in [1.29, 1.82) is 5.26 Å². The molecule has 3 nitrogen and oxygen atoms in total. The lowest BCUT2D eigenvalue weighted by atomic mass is 10.1. The van der Waals surface area contributed by atoms with Crippen LogP contribution in [0.5, 0.6) is 0 Å². The molecule has 0 saturated carbocycles. The minimum atomic E-state index is -0.638. The lowest BCUT2D eigenvalue weighted by Gasteiger charge is -2.05. The van der Waals surface area contributed by atoms with Crippen LogP contribution in [-0.2, 0) is 9.53 Å². The molecule has 0 radical (unpaired) electrons. The van der Waals surface area contributed by atoms with E-state index >= 15 is 0 Å². The number of carbonyl (C=O) groups excluding carboxylic acids is 1. The zero-order valence-corrected chi connectivity index (χ0v) is 10.6. The fourth-order valence-corrected chi connectivity index (χ4v) is 1.54. The highest BCUT2D eigenvalue weighted by molar-refractivity contribution is 7.90. The summed E-state index contributed by atoms with van der Waals surface area (Å²) in [6, 6.07) is 9.24. The van der Waals surface area contributed by atoms with Gasteiger partial charge in [0.15, 0.2) is 5.57 Å². The van der Waals surface area contributed by atoms with Gasteiger partial charge in [-0.3, -0.25) is 0 Å². The molecule has 0 N–H and O–H groups in total. The van der Waals surface area contributed by atoms with E-state index in [1.165, 1.54) is 0 Å². The molecule has 1 rings (SSSR count). The van der Waals surface area contributed by atoms with Crippen LogP contribution in [0.4, 0.5) is 0 Å². The van der Waals surface area contributed by atoms with Gasteiger partial charge in [0.1, 0.15) is 6.07 Å². The quantitative estimate of drug-likeness (QED) is 0.387. The first-order valence-electron chi connectivity index (χ1n) is 5.17. The Morgan fingerprint density at radius 1 is 1.41 bits per heavy atom. The number of rotatable bonds is 3. The Bertz CT molecular complexity index is 483. The van der Waals surface area contributed by atoms with E-state index in [2.05, 4.69) is 12.6 Å². The molecular formula is C13H13NO2S. The summed E-state index contributed by atoms with van der Waals surface area (Å²) in [4.78, 5) is 11.8. The fourth-order valence-electron chi connectivity index (χ4n) is 1.25. The average molecular weight is 247 g/mol. The van der Waals surface area contributed by atoms with Crippen LogP contribution in [0.15, 0.2) is 29.8 Å². The van der Waals surface area contributed by atoms with Gasteiger partial charge in [-0.05, 0) is 19.4 Å². The zero-order chi connectivity index (χ0) is 12.8. The van der Waals surface area contributed by atoms with E-state index in [-0.39, 0.29) is 12.2 Å². The Morgan fingerprint density at radius 3 is 2.47 bits per heavy atom. The van der Waals surface area contributed by atoms with Crippen molar-refractivity contribution in [2.75, 3.05) is 6.61 Å². The summed E-state index contributed by atoms with van der Waals surface area (Å²) in [6.07, 6.45) is 0. The molecule has 0 aliphatic rings. The number of hydrogen-bond donors (Lipinski definition) is 1. The Morgan fingerprint density at radius 2 is 2.00 bits per heavy atom. The van der Waals surface area contributed by atoms with E-state index in [9.17, 15) is 4.79 Å². The minimum absolute atomic E-state index is 0.0703. The van der Waals surface area contributed by atoms with E-state index in [1.807, 2.05) is 37.3 Å². The van der Waals surface area contributed by atoms with Gasteiger partial charge in [0.2, 0.25) is 0 Å². The summed E-state index contributed by atoms with van der Waals surface area (Å²) >= 11 is 4.22. The van der Waals surface area contributed by atoms with Gasteiger partial charge in [-0.15, -0.1) is 12.6 Å². The van der Waals surface area contributed by atoms with Crippen LogP contribution in [0, 0.1) is 18.3 Å². The highest BCUT2D eigenvalue weighted by Gasteiger charge is 2.15. The fraction of sp³-hybridized carbons (Fsp3) is 0.231. The highest BCUT2D eigenvalue weighted by atomic mass is 32.1. The van der Waals surface area contributed by atoms with Gasteiger partial charge < -0.3 is 4.74 Å². The standard InChI is InChI=1S/C13H13NO2S/c1-3-16-13(15)11(8-14)12(17)10-6-4-9(2)5-7-10/h4-7,17H,3H2,1-2H3. The average Bonchev–Trinajstić information content (AvgIpc) is 2.31. The molecule has 0 saturated heterocycles. The summed E-state index contributed by atoms with van der Waals surface area (Å²) in [5, 5.41) is 8.95. The second-order valence-electron chi connectivity index (χ2n) is 3.42. The number of benzene rings is 1. The van der Waals surface area contributed by atoms with Crippen molar-refractivity contribution in [3.63, 3.8) is 0 Å². The van der Waals surface area contributed by atoms with Crippen LogP contribution in [-0.4, -0.2) is 12.6 Å². The van der Waals surface area contributed by atoms with E-state index in [4.69, 9.17) is 10.00 Å². The Hall–Kier alpha value is -1.73. The molecule has 4 heteroatoms. The summed E-state index contributed by atoms with van der Waals surface area (Å²) in [5.41, 5.74) is 1.76. The summed E-state index contributed by atoms with van der Waals surface area (Å²) in [5.74, 6) is -0.638. The molecule has 0 bridgehead atoms. The number of nitriles is 1. The van der Waals surface area contributed by atoms with Crippen molar-refractivity contribution in [1.82, 2.24) is 0 Å². The molecule has 1 aromatic carbocycles. The van der Waals surface area contributed by atoms with Crippen LogP contribution in [0.25, 0.3) is 4.91 Å². The normalized spacial score (nSPS) is 11.4. The topological polar surface area (TPSA) is 50.1 Å². The van der Waals surface area contributed by atoms with E-state index in [1.54, 1.807) is 6.92 Å². The lowest BCUT2D eigenvalue weighted by molar-refractivity contribution is -0.137. The van der Waals surface area contributed by atoms with Gasteiger partial charge in [-0.25, -0.2) is 4.79 Å². The van der Waals surface area contributed by atoms with Crippen LogP contribution < -0.4 is 0 Å². The first-order valence-corrected chi connectivity index (χ1v) is 5.62. The highest BCUT2D eigenvalue weighted by Crippen LogP contribution is 2.23. The van der Waals surface area contributed by atoms with Crippen molar-refractivity contribution in [2.24, 2.45) is 0 Å². The molecule has 0 heterocycles. The van der Waals surface area contributed by atoms with E-state index in [0.717, 1.165) is 11.1 Å². The van der Waals surface area contributed by atoms with Gasteiger partial charge in [0.25, 0.3) is 0 Å². The van der Waals surface area contributed by atoms with E-state index in [0.29, 0.717) is 4.91 Å². The van der Waals surface area contributed by atoms with Gasteiger partial charge in [-0.2, -0.15) is 5.26 Å².